The number of likely N-dealkylation sites (N-methyl/N-ethyl adjacent to an activating group) is 1. The molecule has 0 aromatic carbocycles. The number of nitrogens with one attached hydrogen (secondary N) is 1. The van der Waals surface area contributed by atoms with Gasteiger partial charge >= 0.3 is 0 Å². The Kier molecular flexibility index (Phi) is 4.44. The summed E-state index contributed by atoms with van der Waals surface area (Å²) in [6, 6.07) is 2.85. The summed E-state index contributed by atoms with van der Waals surface area (Å²) in [5.41, 5.74) is 2.52. The maximum Gasteiger partial charge on any atom is 0.0596 e. The summed E-state index contributed by atoms with van der Waals surface area (Å²) in [7, 11) is 2.10. The minimum atomic E-state index is 0.608. The fourth-order valence-corrected chi connectivity index (χ4v) is 3.38. The zero-order valence-electron chi connectivity index (χ0n) is 12.2. The van der Waals surface area contributed by atoms with E-state index in [2.05, 4.69) is 49.0 Å². The molecule has 1 aromatic rings. The van der Waals surface area contributed by atoms with Crippen molar-refractivity contribution in [2.24, 2.45) is 11.8 Å². The Hall–Kier alpha value is -0.830. The second kappa shape index (κ2) is 5.87. The molecular formula is C15H27N3. The van der Waals surface area contributed by atoms with Gasteiger partial charge in [-0.3, -0.25) is 4.68 Å². The Morgan fingerprint density at radius 1 is 1.50 bits per heavy atom. The normalized spacial score (nSPS) is 25.6. The maximum atomic E-state index is 4.55. The maximum absolute atomic E-state index is 4.55. The second-order valence-corrected chi connectivity index (χ2v) is 5.87. The molecule has 3 unspecified atom stereocenters. The van der Waals surface area contributed by atoms with Crippen molar-refractivity contribution in [3.8, 4) is 0 Å². The molecule has 1 fully saturated rings. The number of aromatic nitrogens is 2. The Balaban J connectivity index is 2.05. The number of aryl methyl sites for hydroxylation is 2. The molecule has 0 bridgehead atoms. The van der Waals surface area contributed by atoms with Gasteiger partial charge in [-0.05, 0) is 51.6 Å². The van der Waals surface area contributed by atoms with Gasteiger partial charge in [0.1, 0.15) is 0 Å². The van der Waals surface area contributed by atoms with E-state index in [9.17, 15) is 0 Å². The summed E-state index contributed by atoms with van der Waals surface area (Å²) in [5.74, 6) is 1.74. The summed E-state index contributed by atoms with van der Waals surface area (Å²) in [4.78, 5) is 0. The lowest BCUT2D eigenvalue weighted by Crippen LogP contribution is -2.35. The van der Waals surface area contributed by atoms with Crippen LogP contribution in [-0.4, -0.2) is 22.9 Å². The van der Waals surface area contributed by atoms with Crippen LogP contribution in [-0.2, 0) is 13.0 Å². The SMILES string of the molecule is CCn1nc(C)cc1CC(NC)C1CCC(C)C1. The molecule has 2 rings (SSSR count). The van der Waals surface area contributed by atoms with E-state index in [1.807, 2.05) is 0 Å². The van der Waals surface area contributed by atoms with E-state index in [4.69, 9.17) is 0 Å². The number of hydrogen-bond acceptors (Lipinski definition) is 2. The molecule has 0 saturated heterocycles. The first kappa shape index (κ1) is 13.6. The summed E-state index contributed by atoms with van der Waals surface area (Å²) in [6.07, 6.45) is 5.27. The van der Waals surface area contributed by atoms with Crippen LogP contribution in [0.15, 0.2) is 6.07 Å². The van der Waals surface area contributed by atoms with Gasteiger partial charge in [0.05, 0.1) is 5.69 Å². The molecule has 102 valence electrons. The molecule has 0 amide bonds. The van der Waals surface area contributed by atoms with Crippen molar-refractivity contribution in [3.63, 3.8) is 0 Å². The standard InChI is InChI=1S/C15H27N3/c1-5-18-14(9-12(3)17-18)10-15(16-4)13-7-6-11(2)8-13/h9,11,13,15-16H,5-8,10H2,1-4H3. The van der Waals surface area contributed by atoms with Crippen molar-refractivity contribution < 1.29 is 0 Å². The lowest BCUT2D eigenvalue weighted by atomic mass is 9.93. The number of nitrogens with zero attached hydrogens (tertiary/aromatic N) is 2. The van der Waals surface area contributed by atoms with Gasteiger partial charge in [-0.25, -0.2) is 0 Å². The quantitative estimate of drug-likeness (QED) is 0.869. The van der Waals surface area contributed by atoms with Gasteiger partial charge in [0, 0.05) is 24.7 Å². The molecule has 1 saturated carbocycles. The highest BCUT2D eigenvalue weighted by Gasteiger charge is 2.28. The Morgan fingerprint density at radius 2 is 2.28 bits per heavy atom. The first-order chi connectivity index (χ1) is 8.63. The molecule has 18 heavy (non-hydrogen) atoms. The predicted octanol–water partition coefficient (Wildman–Crippen LogP) is 2.78. The van der Waals surface area contributed by atoms with Crippen LogP contribution in [0.5, 0.6) is 0 Å². The van der Waals surface area contributed by atoms with Gasteiger partial charge < -0.3 is 5.32 Å². The largest absolute Gasteiger partial charge is 0.316 e. The average Bonchev–Trinajstić information content (AvgIpc) is 2.92. The molecule has 1 aliphatic carbocycles. The second-order valence-electron chi connectivity index (χ2n) is 5.87. The summed E-state index contributed by atoms with van der Waals surface area (Å²) in [5, 5.41) is 8.08. The smallest absolute Gasteiger partial charge is 0.0596 e. The average molecular weight is 249 g/mol. The highest BCUT2D eigenvalue weighted by Crippen LogP contribution is 2.33. The van der Waals surface area contributed by atoms with Gasteiger partial charge in [-0.15, -0.1) is 0 Å². The summed E-state index contributed by atoms with van der Waals surface area (Å²) in [6.45, 7) is 7.61. The molecule has 1 aliphatic rings. The third-order valence-corrected chi connectivity index (χ3v) is 4.39. The highest BCUT2D eigenvalue weighted by atomic mass is 15.3. The van der Waals surface area contributed by atoms with Crippen LogP contribution in [0.1, 0.15) is 44.5 Å². The van der Waals surface area contributed by atoms with Crippen molar-refractivity contribution in [1.29, 1.82) is 0 Å². The van der Waals surface area contributed by atoms with Crippen molar-refractivity contribution >= 4 is 0 Å². The molecule has 1 aromatic heterocycles. The van der Waals surface area contributed by atoms with Gasteiger partial charge in [0.15, 0.2) is 0 Å². The fourth-order valence-electron chi connectivity index (χ4n) is 3.38. The molecular weight excluding hydrogens is 222 g/mol. The minimum absolute atomic E-state index is 0.608. The van der Waals surface area contributed by atoms with Gasteiger partial charge in [0.25, 0.3) is 0 Å². The lowest BCUT2D eigenvalue weighted by Gasteiger charge is -2.23. The van der Waals surface area contributed by atoms with Crippen LogP contribution < -0.4 is 5.32 Å². The van der Waals surface area contributed by atoms with E-state index in [1.165, 1.54) is 25.0 Å². The molecule has 0 aliphatic heterocycles. The minimum Gasteiger partial charge on any atom is -0.316 e. The van der Waals surface area contributed by atoms with E-state index in [0.717, 1.165) is 30.5 Å². The van der Waals surface area contributed by atoms with Gasteiger partial charge in [0.2, 0.25) is 0 Å². The Bertz CT molecular complexity index is 383. The van der Waals surface area contributed by atoms with Gasteiger partial charge in [-0.2, -0.15) is 5.10 Å². The predicted molar refractivity (Wildman–Crippen MR) is 75.7 cm³/mol. The third-order valence-electron chi connectivity index (χ3n) is 4.39. The van der Waals surface area contributed by atoms with E-state index in [0.29, 0.717) is 6.04 Å². The van der Waals surface area contributed by atoms with E-state index >= 15 is 0 Å². The van der Waals surface area contributed by atoms with Crippen LogP contribution in [0.4, 0.5) is 0 Å². The van der Waals surface area contributed by atoms with Crippen LogP contribution in [0.25, 0.3) is 0 Å². The molecule has 3 nitrogen and oxygen atoms in total. The number of hydrogen-bond donors (Lipinski definition) is 1. The molecule has 3 heteroatoms. The van der Waals surface area contributed by atoms with Crippen LogP contribution >= 0.6 is 0 Å². The summed E-state index contributed by atoms with van der Waals surface area (Å²) >= 11 is 0. The first-order valence-corrected chi connectivity index (χ1v) is 7.34. The fraction of sp³-hybridized carbons (Fsp3) is 0.800. The zero-order valence-corrected chi connectivity index (χ0v) is 12.2. The van der Waals surface area contributed by atoms with Crippen molar-refractivity contribution in [2.75, 3.05) is 7.05 Å². The lowest BCUT2D eigenvalue weighted by molar-refractivity contribution is 0.360. The van der Waals surface area contributed by atoms with Crippen molar-refractivity contribution in [3.05, 3.63) is 17.5 Å². The van der Waals surface area contributed by atoms with Gasteiger partial charge in [-0.1, -0.05) is 13.3 Å². The highest BCUT2D eigenvalue weighted by molar-refractivity contribution is 5.11. The molecule has 1 heterocycles. The molecule has 1 N–H and O–H groups in total. The Morgan fingerprint density at radius 3 is 2.83 bits per heavy atom. The van der Waals surface area contributed by atoms with E-state index in [-0.39, 0.29) is 0 Å². The summed E-state index contributed by atoms with van der Waals surface area (Å²) < 4.78 is 2.15. The first-order valence-electron chi connectivity index (χ1n) is 7.34. The topological polar surface area (TPSA) is 29.9 Å². The molecule has 3 atom stereocenters. The van der Waals surface area contributed by atoms with Crippen LogP contribution in [0, 0.1) is 18.8 Å². The van der Waals surface area contributed by atoms with Crippen LogP contribution in [0.2, 0.25) is 0 Å². The zero-order chi connectivity index (χ0) is 13.1. The van der Waals surface area contributed by atoms with Crippen LogP contribution in [0.3, 0.4) is 0 Å². The number of rotatable bonds is 5. The van der Waals surface area contributed by atoms with Crippen molar-refractivity contribution in [2.45, 2.75) is 59.0 Å². The Labute approximate surface area is 111 Å². The van der Waals surface area contributed by atoms with Crippen molar-refractivity contribution in [1.82, 2.24) is 15.1 Å². The van der Waals surface area contributed by atoms with E-state index < -0.39 is 0 Å². The van der Waals surface area contributed by atoms with E-state index in [1.54, 1.807) is 0 Å². The molecule has 0 spiro atoms. The monoisotopic (exact) mass is 249 g/mol. The molecule has 0 radical (unpaired) electrons. The third kappa shape index (κ3) is 2.94.